The van der Waals surface area contributed by atoms with Gasteiger partial charge >= 0.3 is 0 Å². The van der Waals surface area contributed by atoms with E-state index in [-0.39, 0.29) is 11.9 Å². The predicted octanol–water partition coefficient (Wildman–Crippen LogP) is 0.0199. The number of carbonyl (C=O) groups is 1. The SMILES string of the molecule is O=C(N[C@H]1CCCNC1)c1cnsn1. The number of amides is 1. The molecule has 5 nitrogen and oxygen atoms in total. The minimum Gasteiger partial charge on any atom is -0.347 e. The molecule has 0 unspecified atom stereocenters. The quantitative estimate of drug-likeness (QED) is 0.725. The number of hydrogen-bond acceptors (Lipinski definition) is 5. The van der Waals surface area contributed by atoms with Gasteiger partial charge in [-0.25, -0.2) is 0 Å². The summed E-state index contributed by atoms with van der Waals surface area (Å²) in [5.74, 6) is -0.118. The zero-order chi connectivity index (χ0) is 9.80. The third kappa shape index (κ3) is 2.27. The van der Waals surface area contributed by atoms with Gasteiger partial charge < -0.3 is 10.6 Å². The Labute approximate surface area is 86.2 Å². The summed E-state index contributed by atoms with van der Waals surface area (Å²) in [5, 5.41) is 6.16. The summed E-state index contributed by atoms with van der Waals surface area (Å²) >= 11 is 1.05. The fraction of sp³-hybridized carbons (Fsp3) is 0.625. The zero-order valence-electron chi connectivity index (χ0n) is 7.69. The molecule has 6 heteroatoms. The molecule has 0 bridgehead atoms. The predicted molar refractivity (Wildman–Crippen MR) is 53.3 cm³/mol. The van der Waals surface area contributed by atoms with Crippen LogP contribution in [0, 0.1) is 0 Å². The third-order valence-corrected chi connectivity index (χ3v) is 2.70. The van der Waals surface area contributed by atoms with E-state index in [9.17, 15) is 4.79 Å². The Kier molecular flexibility index (Phi) is 3.05. The molecular weight excluding hydrogens is 200 g/mol. The molecule has 0 spiro atoms. The topological polar surface area (TPSA) is 66.9 Å². The van der Waals surface area contributed by atoms with Crippen molar-refractivity contribution in [3.05, 3.63) is 11.9 Å². The maximum atomic E-state index is 11.5. The molecule has 1 saturated heterocycles. The number of rotatable bonds is 2. The minimum absolute atomic E-state index is 0.118. The summed E-state index contributed by atoms with van der Waals surface area (Å²) in [6.45, 7) is 1.90. The van der Waals surface area contributed by atoms with Crippen LogP contribution in [0.15, 0.2) is 6.20 Å². The summed E-state index contributed by atoms with van der Waals surface area (Å²) in [6.07, 6.45) is 3.65. The van der Waals surface area contributed by atoms with Gasteiger partial charge in [0.1, 0.15) is 0 Å². The average Bonchev–Trinajstić information content (AvgIpc) is 2.72. The fourth-order valence-electron chi connectivity index (χ4n) is 1.50. The molecule has 14 heavy (non-hydrogen) atoms. The molecule has 0 aromatic carbocycles. The van der Waals surface area contributed by atoms with Crippen LogP contribution in [0.4, 0.5) is 0 Å². The van der Waals surface area contributed by atoms with Crippen LogP contribution in [0.25, 0.3) is 0 Å². The first-order valence-electron chi connectivity index (χ1n) is 4.65. The summed E-state index contributed by atoms with van der Waals surface area (Å²) in [4.78, 5) is 11.5. The van der Waals surface area contributed by atoms with E-state index in [0.29, 0.717) is 5.69 Å². The summed E-state index contributed by atoms with van der Waals surface area (Å²) in [7, 11) is 0. The highest BCUT2D eigenvalue weighted by molar-refractivity contribution is 6.99. The molecule has 0 aliphatic carbocycles. The largest absolute Gasteiger partial charge is 0.347 e. The standard InChI is InChI=1S/C8H12N4OS/c13-8(7-5-10-14-12-7)11-6-2-1-3-9-4-6/h5-6,9H,1-4H2,(H,11,13)/t6-/m0/s1. The molecule has 0 saturated carbocycles. The molecule has 1 amide bonds. The van der Waals surface area contributed by atoms with E-state index >= 15 is 0 Å². The van der Waals surface area contributed by atoms with Crippen LogP contribution in [0.2, 0.25) is 0 Å². The molecule has 1 fully saturated rings. The monoisotopic (exact) mass is 212 g/mol. The highest BCUT2D eigenvalue weighted by Gasteiger charge is 2.17. The molecule has 1 aromatic rings. The first kappa shape index (κ1) is 9.54. The van der Waals surface area contributed by atoms with E-state index < -0.39 is 0 Å². The van der Waals surface area contributed by atoms with Crippen molar-refractivity contribution in [1.82, 2.24) is 19.4 Å². The Bertz CT molecular complexity index is 294. The highest BCUT2D eigenvalue weighted by Crippen LogP contribution is 2.03. The van der Waals surface area contributed by atoms with Crippen LogP contribution >= 0.6 is 11.7 Å². The first-order valence-corrected chi connectivity index (χ1v) is 5.38. The lowest BCUT2D eigenvalue weighted by atomic mass is 10.1. The van der Waals surface area contributed by atoms with Gasteiger partial charge in [-0.3, -0.25) is 4.79 Å². The number of carbonyl (C=O) groups excluding carboxylic acids is 1. The van der Waals surface area contributed by atoms with E-state index in [1.54, 1.807) is 0 Å². The maximum Gasteiger partial charge on any atom is 0.272 e. The Balaban J connectivity index is 1.87. The van der Waals surface area contributed by atoms with Gasteiger partial charge in [0.2, 0.25) is 0 Å². The summed E-state index contributed by atoms with van der Waals surface area (Å²) in [5.41, 5.74) is 0.417. The second-order valence-electron chi connectivity index (χ2n) is 3.31. The molecule has 0 radical (unpaired) electrons. The summed E-state index contributed by atoms with van der Waals surface area (Å²) < 4.78 is 7.67. The van der Waals surface area contributed by atoms with Crippen LogP contribution in [-0.2, 0) is 0 Å². The Morgan fingerprint density at radius 3 is 3.29 bits per heavy atom. The van der Waals surface area contributed by atoms with Gasteiger partial charge in [-0.15, -0.1) is 0 Å². The van der Waals surface area contributed by atoms with Gasteiger partial charge in [-0.05, 0) is 19.4 Å². The van der Waals surface area contributed by atoms with Crippen molar-refractivity contribution in [1.29, 1.82) is 0 Å². The number of nitrogens with one attached hydrogen (secondary N) is 2. The van der Waals surface area contributed by atoms with Gasteiger partial charge in [-0.1, -0.05) is 0 Å². The number of hydrogen-bond donors (Lipinski definition) is 2. The molecule has 2 rings (SSSR count). The molecule has 1 atom stereocenters. The number of piperidine rings is 1. The average molecular weight is 212 g/mol. The smallest absolute Gasteiger partial charge is 0.272 e. The van der Waals surface area contributed by atoms with Crippen LogP contribution in [-0.4, -0.2) is 33.8 Å². The van der Waals surface area contributed by atoms with Crippen molar-refractivity contribution in [2.24, 2.45) is 0 Å². The van der Waals surface area contributed by atoms with E-state index in [2.05, 4.69) is 19.4 Å². The first-order chi connectivity index (χ1) is 6.86. The maximum absolute atomic E-state index is 11.5. The lowest BCUT2D eigenvalue weighted by Gasteiger charge is -2.23. The van der Waals surface area contributed by atoms with Crippen molar-refractivity contribution in [2.45, 2.75) is 18.9 Å². The van der Waals surface area contributed by atoms with Crippen LogP contribution in [0.1, 0.15) is 23.3 Å². The van der Waals surface area contributed by atoms with Gasteiger partial charge in [0.05, 0.1) is 17.9 Å². The van der Waals surface area contributed by atoms with Crippen LogP contribution in [0.3, 0.4) is 0 Å². The highest BCUT2D eigenvalue weighted by atomic mass is 32.1. The third-order valence-electron chi connectivity index (χ3n) is 2.23. The number of aromatic nitrogens is 2. The van der Waals surface area contributed by atoms with E-state index in [1.165, 1.54) is 6.20 Å². The Morgan fingerprint density at radius 1 is 1.71 bits per heavy atom. The van der Waals surface area contributed by atoms with Crippen molar-refractivity contribution in [3.8, 4) is 0 Å². The second kappa shape index (κ2) is 4.47. The Hall–Kier alpha value is -1.01. The molecule has 1 aliphatic rings. The van der Waals surface area contributed by atoms with Crippen molar-refractivity contribution in [2.75, 3.05) is 13.1 Å². The van der Waals surface area contributed by atoms with E-state index in [1.807, 2.05) is 0 Å². The summed E-state index contributed by atoms with van der Waals surface area (Å²) in [6, 6.07) is 0.234. The van der Waals surface area contributed by atoms with Gasteiger partial charge in [0.15, 0.2) is 5.69 Å². The number of nitrogens with zero attached hydrogens (tertiary/aromatic N) is 2. The fourth-order valence-corrected chi connectivity index (χ4v) is 1.91. The second-order valence-corrected chi connectivity index (χ2v) is 3.87. The molecule has 1 aliphatic heterocycles. The lowest BCUT2D eigenvalue weighted by molar-refractivity contribution is 0.0926. The molecule has 2 heterocycles. The minimum atomic E-state index is -0.118. The van der Waals surface area contributed by atoms with E-state index in [4.69, 9.17) is 0 Å². The van der Waals surface area contributed by atoms with Crippen LogP contribution in [0.5, 0.6) is 0 Å². The van der Waals surface area contributed by atoms with E-state index in [0.717, 1.165) is 37.7 Å². The Morgan fingerprint density at radius 2 is 2.64 bits per heavy atom. The molecule has 76 valence electrons. The van der Waals surface area contributed by atoms with Crippen molar-refractivity contribution >= 4 is 17.6 Å². The zero-order valence-corrected chi connectivity index (χ0v) is 8.51. The normalized spacial score (nSPS) is 21.9. The van der Waals surface area contributed by atoms with Crippen LogP contribution < -0.4 is 10.6 Å². The van der Waals surface area contributed by atoms with Gasteiger partial charge in [-0.2, -0.15) is 8.75 Å². The van der Waals surface area contributed by atoms with Gasteiger partial charge in [0, 0.05) is 12.6 Å². The van der Waals surface area contributed by atoms with Gasteiger partial charge in [0.25, 0.3) is 5.91 Å². The molecular formula is C8H12N4OS. The molecule has 2 N–H and O–H groups in total. The van der Waals surface area contributed by atoms with Crippen molar-refractivity contribution in [3.63, 3.8) is 0 Å². The van der Waals surface area contributed by atoms with Crippen molar-refractivity contribution < 1.29 is 4.79 Å². The lowest BCUT2D eigenvalue weighted by Crippen LogP contribution is -2.45. The molecule has 1 aromatic heterocycles.